The number of benzene rings is 1. The Morgan fingerprint density at radius 1 is 1.29 bits per heavy atom. The summed E-state index contributed by atoms with van der Waals surface area (Å²) < 4.78 is 0.753. The smallest absolute Gasteiger partial charge is 0.0924 e. The fraction of sp³-hybridized carbons (Fsp3) is 0. The molecule has 0 radical (unpaired) electrons. The van der Waals surface area contributed by atoms with Gasteiger partial charge in [0, 0.05) is 11.6 Å². The Morgan fingerprint density at radius 2 is 2.00 bits per heavy atom. The molecule has 14 heavy (non-hydrogen) atoms. The second-order valence-electron chi connectivity index (χ2n) is 2.78. The standard InChI is InChI=1S/C9H5BrCl2N2/c10-5-3-14-9-4(8(5)13)1-2-6(11)7(9)12/h1-3H,(H2,13,14). The number of pyridine rings is 1. The normalized spacial score (nSPS) is 10.8. The van der Waals surface area contributed by atoms with Crippen LogP contribution in [0.2, 0.25) is 10.0 Å². The number of nitrogens with two attached hydrogens (primary N) is 1. The van der Waals surface area contributed by atoms with Crippen molar-refractivity contribution >= 4 is 55.7 Å². The summed E-state index contributed by atoms with van der Waals surface area (Å²) in [5.41, 5.74) is 7.09. The second kappa shape index (κ2) is 3.57. The highest BCUT2D eigenvalue weighted by Crippen LogP contribution is 2.34. The van der Waals surface area contributed by atoms with Crippen molar-refractivity contribution in [2.75, 3.05) is 5.73 Å². The minimum absolute atomic E-state index is 0.434. The maximum atomic E-state index is 5.99. The third-order valence-electron chi connectivity index (χ3n) is 1.92. The Labute approximate surface area is 99.1 Å². The molecule has 72 valence electrons. The lowest BCUT2D eigenvalue weighted by atomic mass is 10.2. The molecule has 1 aromatic carbocycles. The fourth-order valence-electron chi connectivity index (χ4n) is 1.20. The summed E-state index contributed by atoms with van der Waals surface area (Å²) in [6.45, 7) is 0. The third kappa shape index (κ3) is 1.45. The quantitative estimate of drug-likeness (QED) is 0.800. The van der Waals surface area contributed by atoms with Crippen LogP contribution in [-0.4, -0.2) is 4.98 Å². The first-order valence-corrected chi connectivity index (χ1v) is 5.34. The lowest BCUT2D eigenvalue weighted by molar-refractivity contribution is 1.39. The highest BCUT2D eigenvalue weighted by molar-refractivity contribution is 9.10. The fourth-order valence-corrected chi connectivity index (χ4v) is 1.88. The molecule has 0 amide bonds. The van der Waals surface area contributed by atoms with E-state index in [0.717, 1.165) is 9.86 Å². The number of nitrogen functional groups attached to an aromatic ring is 1. The minimum Gasteiger partial charge on any atom is -0.397 e. The number of hydrogen-bond donors (Lipinski definition) is 1. The van der Waals surface area contributed by atoms with E-state index < -0.39 is 0 Å². The zero-order valence-corrected chi connectivity index (χ0v) is 9.99. The summed E-state index contributed by atoms with van der Waals surface area (Å²) in [6, 6.07) is 3.51. The van der Waals surface area contributed by atoms with Crippen molar-refractivity contribution in [3.63, 3.8) is 0 Å². The van der Waals surface area contributed by atoms with E-state index in [1.807, 2.05) is 0 Å². The van der Waals surface area contributed by atoms with Gasteiger partial charge in [-0.15, -0.1) is 0 Å². The van der Waals surface area contributed by atoms with Gasteiger partial charge in [-0.1, -0.05) is 23.2 Å². The summed E-state index contributed by atoms with van der Waals surface area (Å²) in [5, 5.41) is 1.71. The molecule has 0 aliphatic heterocycles. The van der Waals surface area contributed by atoms with Crippen LogP contribution in [0.5, 0.6) is 0 Å². The zero-order valence-electron chi connectivity index (χ0n) is 6.89. The number of anilines is 1. The van der Waals surface area contributed by atoms with E-state index in [2.05, 4.69) is 20.9 Å². The van der Waals surface area contributed by atoms with Crippen LogP contribution in [-0.2, 0) is 0 Å². The van der Waals surface area contributed by atoms with Gasteiger partial charge in [-0.25, -0.2) is 0 Å². The Kier molecular flexibility index (Phi) is 2.56. The van der Waals surface area contributed by atoms with Gasteiger partial charge in [0.2, 0.25) is 0 Å². The van der Waals surface area contributed by atoms with Crippen LogP contribution in [0.15, 0.2) is 22.8 Å². The van der Waals surface area contributed by atoms with Crippen molar-refractivity contribution in [3.8, 4) is 0 Å². The summed E-state index contributed by atoms with van der Waals surface area (Å²) in [6.07, 6.45) is 1.61. The Hall–Kier alpha value is -0.510. The second-order valence-corrected chi connectivity index (χ2v) is 4.42. The third-order valence-corrected chi connectivity index (χ3v) is 3.35. The first kappa shape index (κ1) is 10.0. The van der Waals surface area contributed by atoms with Crippen molar-refractivity contribution in [1.82, 2.24) is 4.98 Å². The lowest BCUT2D eigenvalue weighted by Gasteiger charge is -2.05. The van der Waals surface area contributed by atoms with Gasteiger partial charge >= 0.3 is 0 Å². The summed E-state index contributed by atoms with van der Waals surface area (Å²) in [5.74, 6) is 0. The van der Waals surface area contributed by atoms with Gasteiger partial charge in [0.25, 0.3) is 0 Å². The van der Waals surface area contributed by atoms with Gasteiger partial charge in [0.15, 0.2) is 0 Å². The number of aromatic nitrogens is 1. The summed E-state index contributed by atoms with van der Waals surface area (Å²) >= 11 is 15.1. The average molecular weight is 292 g/mol. The van der Waals surface area contributed by atoms with Gasteiger partial charge < -0.3 is 5.73 Å². The lowest BCUT2D eigenvalue weighted by Crippen LogP contribution is -1.91. The first-order valence-electron chi connectivity index (χ1n) is 3.79. The molecule has 1 heterocycles. The highest BCUT2D eigenvalue weighted by atomic mass is 79.9. The molecule has 0 atom stereocenters. The van der Waals surface area contributed by atoms with Crippen molar-refractivity contribution < 1.29 is 0 Å². The van der Waals surface area contributed by atoms with Crippen molar-refractivity contribution in [2.45, 2.75) is 0 Å². The van der Waals surface area contributed by atoms with E-state index in [1.165, 1.54) is 0 Å². The van der Waals surface area contributed by atoms with Crippen LogP contribution >= 0.6 is 39.1 Å². The Balaban J connectivity index is 2.94. The largest absolute Gasteiger partial charge is 0.397 e. The van der Waals surface area contributed by atoms with Crippen LogP contribution in [0.1, 0.15) is 0 Å². The topological polar surface area (TPSA) is 38.9 Å². The number of fused-ring (bicyclic) bond motifs is 1. The maximum Gasteiger partial charge on any atom is 0.0924 e. The number of rotatable bonds is 0. The van der Waals surface area contributed by atoms with Crippen molar-refractivity contribution in [3.05, 3.63) is 32.8 Å². The van der Waals surface area contributed by atoms with Crippen LogP contribution in [0.25, 0.3) is 10.9 Å². The zero-order chi connectivity index (χ0) is 10.3. The molecule has 2 aromatic rings. The molecule has 0 bridgehead atoms. The van der Waals surface area contributed by atoms with Gasteiger partial charge in [-0.2, -0.15) is 0 Å². The highest BCUT2D eigenvalue weighted by Gasteiger charge is 2.08. The van der Waals surface area contributed by atoms with Gasteiger partial charge in [-0.05, 0) is 28.1 Å². The Morgan fingerprint density at radius 3 is 2.71 bits per heavy atom. The van der Waals surface area contributed by atoms with E-state index >= 15 is 0 Å². The van der Waals surface area contributed by atoms with Crippen molar-refractivity contribution in [1.29, 1.82) is 0 Å². The van der Waals surface area contributed by atoms with Crippen LogP contribution in [0.3, 0.4) is 0 Å². The van der Waals surface area contributed by atoms with Crippen LogP contribution in [0.4, 0.5) is 5.69 Å². The first-order chi connectivity index (χ1) is 6.61. The molecular weight excluding hydrogens is 287 g/mol. The summed E-state index contributed by atoms with van der Waals surface area (Å²) in [7, 11) is 0. The monoisotopic (exact) mass is 290 g/mol. The molecule has 2 N–H and O–H groups in total. The van der Waals surface area contributed by atoms with E-state index in [-0.39, 0.29) is 0 Å². The molecule has 2 nitrogen and oxygen atoms in total. The molecule has 0 saturated heterocycles. The SMILES string of the molecule is Nc1c(Br)cnc2c(Cl)c(Cl)ccc12. The molecule has 0 aliphatic rings. The molecule has 2 rings (SSSR count). The molecule has 0 unspecified atom stereocenters. The summed E-state index contributed by atoms with van der Waals surface area (Å²) in [4.78, 5) is 4.16. The molecule has 0 spiro atoms. The molecule has 0 saturated carbocycles. The Bertz CT molecular complexity index is 466. The molecule has 1 aromatic heterocycles. The van der Waals surface area contributed by atoms with Gasteiger partial charge in [0.05, 0.1) is 25.7 Å². The number of nitrogens with zero attached hydrogens (tertiary/aromatic N) is 1. The van der Waals surface area contributed by atoms with E-state index in [9.17, 15) is 0 Å². The van der Waals surface area contributed by atoms with Crippen LogP contribution < -0.4 is 5.73 Å². The number of halogens is 3. The van der Waals surface area contributed by atoms with E-state index in [0.29, 0.717) is 21.2 Å². The molecule has 5 heteroatoms. The predicted molar refractivity (Wildman–Crippen MR) is 63.9 cm³/mol. The molecular formula is C9H5BrCl2N2. The molecule has 0 aliphatic carbocycles. The van der Waals surface area contributed by atoms with E-state index in [4.69, 9.17) is 28.9 Å². The minimum atomic E-state index is 0.434. The van der Waals surface area contributed by atoms with Gasteiger partial charge in [0.1, 0.15) is 0 Å². The van der Waals surface area contributed by atoms with E-state index in [1.54, 1.807) is 18.3 Å². The predicted octanol–water partition coefficient (Wildman–Crippen LogP) is 3.89. The molecule has 0 fully saturated rings. The average Bonchev–Trinajstić information content (AvgIpc) is 2.17. The van der Waals surface area contributed by atoms with Gasteiger partial charge in [-0.3, -0.25) is 4.98 Å². The maximum absolute atomic E-state index is 5.99. The number of hydrogen-bond acceptors (Lipinski definition) is 2. The van der Waals surface area contributed by atoms with Crippen molar-refractivity contribution in [2.24, 2.45) is 0 Å². The van der Waals surface area contributed by atoms with Crippen LogP contribution in [0, 0.1) is 0 Å².